The van der Waals surface area contributed by atoms with Crippen LogP contribution in [0.1, 0.15) is 43.5 Å². The van der Waals surface area contributed by atoms with Gasteiger partial charge in [-0.15, -0.1) is 0 Å². The van der Waals surface area contributed by atoms with Crippen molar-refractivity contribution in [2.75, 3.05) is 20.3 Å². The smallest absolute Gasteiger partial charge is 0.338 e. The summed E-state index contributed by atoms with van der Waals surface area (Å²) in [7, 11) is 1.52. The van der Waals surface area contributed by atoms with E-state index in [0.717, 1.165) is 10.0 Å². The minimum absolute atomic E-state index is 0.0104. The van der Waals surface area contributed by atoms with Gasteiger partial charge in [-0.05, 0) is 80.4 Å². The Labute approximate surface area is 290 Å². The van der Waals surface area contributed by atoms with Crippen LogP contribution in [0.4, 0.5) is 5.69 Å². The number of fused-ring (bicyclic) bond motifs is 1. The first-order valence-electron chi connectivity index (χ1n) is 14.4. The van der Waals surface area contributed by atoms with Gasteiger partial charge in [-0.25, -0.2) is 9.79 Å². The molecule has 0 radical (unpaired) electrons. The van der Waals surface area contributed by atoms with Gasteiger partial charge in [-0.2, -0.15) is 0 Å². The number of hydrogen-bond donors (Lipinski definition) is 0. The third kappa shape index (κ3) is 7.19. The molecule has 0 bridgehead atoms. The maximum atomic E-state index is 14.3. The summed E-state index contributed by atoms with van der Waals surface area (Å²) in [6, 6.07) is 14.1. The van der Waals surface area contributed by atoms with Crippen molar-refractivity contribution in [1.82, 2.24) is 4.57 Å². The van der Waals surface area contributed by atoms with E-state index in [9.17, 15) is 19.7 Å². The van der Waals surface area contributed by atoms with Gasteiger partial charge in [0.05, 0.1) is 47.1 Å². The molecule has 1 aliphatic heterocycles. The SMILES string of the molecule is CCOC(=O)C1=C(C)N=c2s/c(=C/c3cc(Br)ccc3OCc3ccc([N+](=O)[O-])cc3)c(=O)n2[C@H]1c1cc(OC)c(OCC)cc1Br. The highest BCUT2D eigenvalue weighted by molar-refractivity contribution is 9.10. The Morgan fingerprint density at radius 3 is 2.45 bits per heavy atom. The van der Waals surface area contributed by atoms with Crippen molar-refractivity contribution in [2.45, 2.75) is 33.4 Å². The topological polar surface area (TPSA) is 131 Å². The molecule has 47 heavy (non-hydrogen) atoms. The van der Waals surface area contributed by atoms with E-state index in [1.165, 1.54) is 35.1 Å². The molecule has 0 saturated carbocycles. The monoisotopic (exact) mass is 785 g/mol. The molecule has 14 heteroatoms. The number of esters is 1. The molecule has 0 spiro atoms. The van der Waals surface area contributed by atoms with E-state index in [2.05, 4.69) is 36.9 Å². The van der Waals surface area contributed by atoms with Gasteiger partial charge in [-0.1, -0.05) is 43.2 Å². The van der Waals surface area contributed by atoms with E-state index >= 15 is 0 Å². The van der Waals surface area contributed by atoms with Gasteiger partial charge < -0.3 is 18.9 Å². The van der Waals surface area contributed by atoms with Crippen molar-refractivity contribution in [2.24, 2.45) is 4.99 Å². The predicted octanol–water partition coefficient (Wildman–Crippen LogP) is 6.22. The Hall–Kier alpha value is -4.27. The number of halogens is 2. The van der Waals surface area contributed by atoms with Crippen LogP contribution < -0.4 is 29.1 Å². The number of allylic oxidation sites excluding steroid dienone is 1. The number of nitro benzene ring substituents is 1. The molecule has 0 aliphatic carbocycles. The van der Waals surface area contributed by atoms with Gasteiger partial charge in [-0.3, -0.25) is 19.5 Å². The van der Waals surface area contributed by atoms with Gasteiger partial charge in [0.25, 0.3) is 11.2 Å². The molecule has 0 amide bonds. The van der Waals surface area contributed by atoms with Crippen molar-refractivity contribution >= 4 is 60.9 Å². The molecule has 0 fully saturated rings. The van der Waals surface area contributed by atoms with Gasteiger partial charge in [0.15, 0.2) is 16.3 Å². The number of carbonyl (C=O) groups excluding carboxylic acids is 1. The van der Waals surface area contributed by atoms with Crippen LogP contribution >= 0.6 is 43.2 Å². The lowest BCUT2D eigenvalue weighted by Gasteiger charge is -2.26. The first-order chi connectivity index (χ1) is 22.6. The summed E-state index contributed by atoms with van der Waals surface area (Å²) < 4.78 is 26.1. The number of benzene rings is 3. The highest BCUT2D eigenvalue weighted by atomic mass is 79.9. The third-order valence-electron chi connectivity index (χ3n) is 7.19. The molecular formula is C33H29Br2N3O8S. The summed E-state index contributed by atoms with van der Waals surface area (Å²) in [5, 5.41) is 11.0. The average Bonchev–Trinajstić information content (AvgIpc) is 3.34. The number of rotatable bonds is 11. The predicted molar refractivity (Wildman–Crippen MR) is 184 cm³/mol. The largest absolute Gasteiger partial charge is 0.493 e. The zero-order valence-corrected chi connectivity index (χ0v) is 29.7. The van der Waals surface area contributed by atoms with Crippen LogP contribution in [0.5, 0.6) is 17.2 Å². The Balaban J connectivity index is 1.63. The molecule has 1 atom stereocenters. The van der Waals surface area contributed by atoms with Crippen molar-refractivity contribution in [3.63, 3.8) is 0 Å². The third-order valence-corrected chi connectivity index (χ3v) is 9.36. The fourth-order valence-corrected chi connectivity index (χ4v) is 7.01. The van der Waals surface area contributed by atoms with Crippen LogP contribution in [0.15, 0.2) is 84.6 Å². The molecule has 244 valence electrons. The molecule has 11 nitrogen and oxygen atoms in total. The highest BCUT2D eigenvalue weighted by Gasteiger charge is 2.35. The van der Waals surface area contributed by atoms with Gasteiger partial charge in [0.2, 0.25) is 0 Å². The summed E-state index contributed by atoms with van der Waals surface area (Å²) in [5.41, 5.74) is 2.22. The Kier molecular flexibility index (Phi) is 10.6. The summed E-state index contributed by atoms with van der Waals surface area (Å²) in [6.45, 7) is 6.01. The summed E-state index contributed by atoms with van der Waals surface area (Å²) in [6.07, 6.45) is 1.72. The van der Waals surface area contributed by atoms with E-state index in [0.29, 0.717) is 54.5 Å². The normalized spacial score (nSPS) is 14.3. The molecule has 1 aromatic heterocycles. The molecule has 0 unspecified atom stereocenters. The number of nitro groups is 1. The summed E-state index contributed by atoms with van der Waals surface area (Å²) >= 11 is 8.32. The lowest BCUT2D eigenvalue weighted by Crippen LogP contribution is -2.40. The lowest BCUT2D eigenvalue weighted by molar-refractivity contribution is -0.384. The van der Waals surface area contributed by atoms with Crippen molar-refractivity contribution in [3.05, 3.63) is 121 Å². The first-order valence-corrected chi connectivity index (χ1v) is 16.8. The Morgan fingerprint density at radius 1 is 1.04 bits per heavy atom. The maximum Gasteiger partial charge on any atom is 0.338 e. The van der Waals surface area contributed by atoms with E-state index in [-0.39, 0.29) is 30.0 Å². The van der Waals surface area contributed by atoms with E-state index in [4.69, 9.17) is 18.9 Å². The number of thiazole rings is 1. The number of hydrogen-bond acceptors (Lipinski definition) is 10. The van der Waals surface area contributed by atoms with E-state index < -0.39 is 16.9 Å². The summed E-state index contributed by atoms with van der Waals surface area (Å²) in [5.74, 6) is 0.861. The number of nitrogens with zero attached hydrogens (tertiary/aromatic N) is 3. The number of ether oxygens (including phenoxy) is 4. The minimum atomic E-state index is -0.883. The number of carbonyl (C=O) groups is 1. The van der Waals surface area contributed by atoms with Crippen molar-refractivity contribution in [3.8, 4) is 17.2 Å². The Morgan fingerprint density at radius 2 is 1.79 bits per heavy atom. The van der Waals surface area contributed by atoms with Crippen LogP contribution in [-0.2, 0) is 16.1 Å². The molecule has 4 aromatic rings. The lowest BCUT2D eigenvalue weighted by atomic mass is 9.95. The average molecular weight is 787 g/mol. The van der Waals surface area contributed by atoms with E-state index in [1.807, 2.05) is 19.1 Å². The Bertz CT molecular complexity index is 2070. The second-order valence-corrected chi connectivity index (χ2v) is 12.9. The zero-order valence-electron chi connectivity index (χ0n) is 25.7. The van der Waals surface area contributed by atoms with Crippen LogP contribution in [0.25, 0.3) is 6.08 Å². The standard InChI is InChI=1S/C33H29Br2N3O8S/c1-5-44-27-16-24(35)23(15-26(27)43-4)30-29(32(40)45-6-2)18(3)36-33-37(30)31(39)28(47-33)14-20-13-21(34)9-12-25(20)46-17-19-7-10-22(11-8-19)38(41)42/h7-16,30H,5-6,17H2,1-4H3/b28-14+/t30-/m0/s1. The van der Waals surface area contributed by atoms with Crippen LogP contribution in [0, 0.1) is 10.1 Å². The fourth-order valence-electron chi connectivity index (χ4n) is 5.05. The number of methoxy groups -OCH3 is 1. The summed E-state index contributed by atoms with van der Waals surface area (Å²) in [4.78, 5) is 43.3. The molecule has 0 N–H and O–H groups in total. The number of aromatic nitrogens is 1. The van der Waals surface area contributed by atoms with E-state index in [1.54, 1.807) is 50.3 Å². The zero-order chi connectivity index (χ0) is 33.8. The second kappa shape index (κ2) is 14.7. The van der Waals surface area contributed by atoms with Crippen LogP contribution in [0.2, 0.25) is 0 Å². The minimum Gasteiger partial charge on any atom is -0.493 e. The molecule has 0 saturated heterocycles. The second-order valence-electron chi connectivity index (χ2n) is 10.2. The van der Waals surface area contributed by atoms with Gasteiger partial charge in [0, 0.05) is 26.6 Å². The quantitative estimate of drug-likeness (QED) is 0.0996. The highest BCUT2D eigenvalue weighted by Crippen LogP contribution is 2.41. The molecular weight excluding hydrogens is 758 g/mol. The fraction of sp³-hybridized carbons (Fsp3) is 0.242. The maximum absolute atomic E-state index is 14.3. The van der Waals surface area contributed by atoms with Gasteiger partial charge in [0.1, 0.15) is 12.4 Å². The molecule has 3 aromatic carbocycles. The molecule has 5 rings (SSSR count). The van der Waals surface area contributed by atoms with Crippen molar-refractivity contribution in [1.29, 1.82) is 0 Å². The van der Waals surface area contributed by atoms with Gasteiger partial charge >= 0.3 is 5.97 Å². The van der Waals surface area contributed by atoms with Crippen LogP contribution in [-0.4, -0.2) is 35.8 Å². The number of non-ortho nitro benzene ring substituents is 1. The van der Waals surface area contributed by atoms with Crippen LogP contribution in [0.3, 0.4) is 0 Å². The molecule has 1 aliphatic rings. The van der Waals surface area contributed by atoms with Crippen molar-refractivity contribution < 1.29 is 28.7 Å². The first kappa shape index (κ1) is 34.1. The molecule has 2 heterocycles.